The molecule has 0 saturated carbocycles. The SMILES string of the molecule is CC.CCC[C@@H](O)c1ccccc1C. The third kappa shape index (κ3) is 3.93. The molecule has 1 atom stereocenters. The molecule has 1 rings (SSSR count). The van der Waals surface area contributed by atoms with Crippen molar-refractivity contribution in [3.05, 3.63) is 35.4 Å². The topological polar surface area (TPSA) is 20.2 Å². The van der Waals surface area contributed by atoms with Crippen molar-refractivity contribution in [1.82, 2.24) is 0 Å². The molecule has 0 aliphatic heterocycles. The van der Waals surface area contributed by atoms with Crippen molar-refractivity contribution in [2.24, 2.45) is 0 Å². The number of benzene rings is 1. The van der Waals surface area contributed by atoms with Gasteiger partial charge in [0, 0.05) is 0 Å². The van der Waals surface area contributed by atoms with Crippen LogP contribution in [0.25, 0.3) is 0 Å². The van der Waals surface area contributed by atoms with Gasteiger partial charge in [0.1, 0.15) is 0 Å². The number of rotatable bonds is 3. The first-order valence-electron chi connectivity index (χ1n) is 5.49. The largest absolute Gasteiger partial charge is 0.388 e. The van der Waals surface area contributed by atoms with Gasteiger partial charge in [-0.25, -0.2) is 0 Å². The maximum absolute atomic E-state index is 9.70. The van der Waals surface area contributed by atoms with Crippen LogP contribution in [0.2, 0.25) is 0 Å². The van der Waals surface area contributed by atoms with E-state index in [1.54, 1.807) is 0 Å². The van der Waals surface area contributed by atoms with Crippen LogP contribution in [-0.4, -0.2) is 5.11 Å². The van der Waals surface area contributed by atoms with Crippen molar-refractivity contribution < 1.29 is 5.11 Å². The summed E-state index contributed by atoms with van der Waals surface area (Å²) >= 11 is 0. The lowest BCUT2D eigenvalue weighted by atomic mass is 10.0. The van der Waals surface area contributed by atoms with E-state index >= 15 is 0 Å². The van der Waals surface area contributed by atoms with E-state index in [9.17, 15) is 5.11 Å². The van der Waals surface area contributed by atoms with Crippen molar-refractivity contribution >= 4 is 0 Å². The molecular formula is C13H22O. The van der Waals surface area contributed by atoms with Crippen molar-refractivity contribution in [3.8, 4) is 0 Å². The minimum Gasteiger partial charge on any atom is -0.388 e. The monoisotopic (exact) mass is 194 g/mol. The van der Waals surface area contributed by atoms with E-state index in [1.165, 1.54) is 5.56 Å². The first-order chi connectivity index (χ1) is 6.75. The maximum Gasteiger partial charge on any atom is 0.0792 e. The molecule has 0 radical (unpaired) electrons. The Balaban J connectivity index is 0.000000791. The first-order valence-corrected chi connectivity index (χ1v) is 5.49. The molecule has 1 nitrogen and oxygen atoms in total. The summed E-state index contributed by atoms with van der Waals surface area (Å²) in [5.41, 5.74) is 2.25. The Morgan fingerprint density at radius 3 is 2.29 bits per heavy atom. The van der Waals surface area contributed by atoms with E-state index < -0.39 is 0 Å². The molecule has 14 heavy (non-hydrogen) atoms. The molecule has 0 aliphatic rings. The van der Waals surface area contributed by atoms with Crippen LogP contribution in [-0.2, 0) is 0 Å². The Morgan fingerprint density at radius 1 is 1.21 bits per heavy atom. The number of hydrogen-bond acceptors (Lipinski definition) is 1. The fourth-order valence-corrected chi connectivity index (χ4v) is 1.39. The molecule has 0 bridgehead atoms. The summed E-state index contributed by atoms with van der Waals surface area (Å²) in [6, 6.07) is 8.00. The predicted octanol–water partition coefficient (Wildman–Crippen LogP) is 3.85. The van der Waals surface area contributed by atoms with Gasteiger partial charge in [-0.05, 0) is 24.5 Å². The van der Waals surface area contributed by atoms with Gasteiger partial charge in [0.05, 0.1) is 6.10 Å². The number of hydrogen-bond donors (Lipinski definition) is 1. The Kier molecular flexibility index (Phi) is 7.13. The smallest absolute Gasteiger partial charge is 0.0792 e. The zero-order valence-corrected chi connectivity index (χ0v) is 9.75. The molecule has 1 N–H and O–H groups in total. The van der Waals surface area contributed by atoms with Crippen LogP contribution in [0.1, 0.15) is 50.8 Å². The lowest BCUT2D eigenvalue weighted by Crippen LogP contribution is -1.98. The normalized spacial score (nSPS) is 11.5. The quantitative estimate of drug-likeness (QED) is 0.774. The zero-order chi connectivity index (χ0) is 11.0. The van der Waals surface area contributed by atoms with Crippen LogP contribution < -0.4 is 0 Å². The molecule has 0 saturated heterocycles. The third-order valence-electron chi connectivity index (χ3n) is 2.11. The molecule has 0 aliphatic carbocycles. The highest BCUT2D eigenvalue weighted by Crippen LogP contribution is 2.20. The van der Waals surface area contributed by atoms with Gasteiger partial charge in [-0.1, -0.05) is 51.5 Å². The summed E-state index contributed by atoms with van der Waals surface area (Å²) in [4.78, 5) is 0. The van der Waals surface area contributed by atoms with E-state index in [4.69, 9.17) is 0 Å². The second kappa shape index (κ2) is 7.57. The summed E-state index contributed by atoms with van der Waals surface area (Å²) in [6.45, 7) is 8.12. The van der Waals surface area contributed by atoms with Crippen molar-refractivity contribution in [3.63, 3.8) is 0 Å². The highest BCUT2D eigenvalue weighted by molar-refractivity contribution is 5.27. The van der Waals surface area contributed by atoms with Crippen molar-refractivity contribution in [1.29, 1.82) is 0 Å². The lowest BCUT2D eigenvalue weighted by molar-refractivity contribution is 0.166. The molecule has 0 spiro atoms. The zero-order valence-electron chi connectivity index (χ0n) is 9.75. The standard InChI is InChI=1S/C11H16O.C2H6/c1-3-6-11(12)10-8-5-4-7-9(10)2;1-2/h4-5,7-8,11-12H,3,6H2,1-2H3;1-2H3/t11-;/m1./s1. The molecule has 0 fully saturated rings. The van der Waals surface area contributed by atoms with Gasteiger partial charge in [0.25, 0.3) is 0 Å². The second-order valence-corrected chi connectivity index (χ2v) is 3.16. The van der Waals surface area contributed by atoms with Crippen molar-refractivity contribution in [2.45, 2.75) is 46.6 Å². The van der Waals surface area contributed by atoms with Crippen LogP contribution in [0.3, 0.4) is 0 Å². The molecule has 1 aromatic carbocycles. The average molecular weight is 194 g/mol. The molecule has 80 valence electrons. The first kappa shape index (κ1) is 13.2. The lowest BCUT2D eigenvalue weighted by Gasteiger charge is -2.11. The summed E-state index contributed by atoms with van der Waals surface area (Å²) < 4.78 is 0. The Bertz CT molecular complexity index is 243. The van der Waals surface area contributed by atoms with Crippen molar-refractivity contribution in [2.75, 3.05) is 0 Å². The van der Waals surface area contributed by atoms with Gasteiger partial charge < -0.3 is 5.11 Å². The number of aliphatic hydroxyl groups is 1. The molecule has 0 heterocycles. The molecular weight excluding hydrogens is 172 g/mol. The summed E-state index contributed by atoms with van der Waals surface area (Å²) in [5, 5.41) is 9.70. The Hall–Kier alpha value is -0.820. The molecule has 0 amide bonds. The molecule has 1 heteroatoms. The highest BCUT2D eigenvalue weighted by atomic mass is 16.3. The van der Waals surface area contributed by atoms with Gasteiger partial charge in [-0.15, -0.1) is 0 Å². The predicted molar refractivity (Wildman–Crippen MR) is 62.4 cm³/mol. The Labute approximate surface area is 87.8 Å². The van der Waals surface area contributed by atoms with Gasteiger partial charge in [-0.2, -0.15) is 0 Å². The van der Waals surface area contributed by atoms with E-state index in [0.717, 1.165) is 18.4 Å². The second-order valence-electron chi connectivity index (χ2n) is 3.16. The van der Waals surface area contributed by atoms with Crippen LogP contribution in [0.5, 0.6) is 0 Å². The van der Waals surface area contributed by atoms with Crippen LogP contribution in [0.15, 0.2) is 24.3 Å². The van der Waals surface area contributed by atoms with Gasteiger partial charge in [0.15, 0.2) is 0 Å². The third-order valence-corrected chi connectivity index (χ3v) is 2.11. The van der Waals surface area contributed by atoms with E-state index in [-0.39, 0.29) is 6.10 Å². The minimum absolute atomic E-state index is 0.281. The van der Waals surface area contributed by atoms with Gasteiger partial charge in [-0.3, -0.25) is 0 Å². The number of aryl methyl sites for hydroxylation is 1. The molecule has 1 aromatic rings. The fourth-order valence-electron chi connectivity index (χ4n) is 1.39. The van der Waals surface area contributed by atoms with E-state index in [0.29, 0.717) is 0 Å². The fraction of sp³-hybridized carbons (Fsp3) is 0.538. The van der Waals surface area contributed by atoms with Gasteiger partial charge in [0.2, 0.25) is 0 Å². The number of aliphatic hydroxyl groups excluding tert-OH is 1. The highest BCUT2D eigenvalue weighted by Gasteiger charge is 2.07. The average Bonchev–Trinajstić information content (AvgIpc) is 2.22. The molecule has 0 unspecified atom stereocenters. The molecule has 0 aromatic heterocycles. The van der Waals surface area contributed by atoms with E-state index in [2.05, 4.69) is 6.92 Å². The summed E-state index contributed by atoms with van der Waals surface area (Å²) in [7, 11) is 0. The van der Waals surface area contributed by atoms with Crippen LogP contribution in [0, 0.1) is 6.92 Å². The maximum atomic E-state index is 9.70. The minimum atomic E-state index is -0.281. The van der Waals surface area contributed by atoms with Crippen LogP contribution in [0.4, 0.5) is 0 Å². The van der Waals surface area contributed by atoms with Gasteiger partial charge >= 0.3 is 0 Å². The summed E-state index contributed by atoms with van der Waals surface area (Å²) in [6.07, 6.45) is 1.59. The summed E-state index contributed by atoms with van der Waals surface area (Å²) in [5.74, 6) is 0. The Morgan fingerprint density at radius 2 is 1.79 bits per heavy atom. The van der Waals surface area contributed by atoms with Crippen LogP contribution >= 0.6 is 0 Å². The van der Waals surface area contributed by atoms with E-state index in [1.807, 2.05) is 45.0 Å².